The van der Waals surface area contributed by atoms with E-state index < -0.39 is 0 Å². The number of pyridine rings is 6. The molecule has 1 aliphatic heterocycles. The van der Waals surface area contributed by atoms with Gasteiger partial charge in [-0.15, -0.1) is 251 Å². The van der Waals surface area contributed by atoms with Gasteiger partial charge in [0, 0.05) is 216 Å². The van der Waals surface area contributed by atoms with E-state index in [-0.39, 0.29) is 195 Å². The fraction of sp³-hybridized carbons (Fsp3) is 0.103. The molecule has 8 radical (unpaired) electrons. The fourth-order valence-corrected chi connectivity index (χ4v) is 14.5. The van der Waals surface area contributed by atoms with Gasteiger partial charge in [-0.1, -0.05) is 148 Å². The Hall–Kier alpha value is -12.6. The van der Waals surface area contributed by atoms with E-state index in [2.05, 4.69) is 209 Å². The van der Waals surface area contributed by atoms with E-state index in [1.54, 1.807) is 0 Å². The number of imidazole rings is 1. The molecule has 13 aromatic carbocycles. The first-order chi connectivity index (χ1) is 68.8. The van der Waals surface area contributed by atoms with Crippen LogP contribution in [0.25, 0.3) is 128 Å². The normalized spacial score (nSPS) is 10.5. The number of carbonyl (C=O) groups is 3. The predicted molar refractivity (Wildman–Crippen MR) is 580 cm³/mol. The summed E-state index contributed by atoms with van der Waals surface area (Å²) in [5.74, 6) is 0.732. The van der Waals surface area contributed by atoms with Crippen molar-refractivity contribution < 1.29 is 191 Å². The van der Waals surface area contributed by atoms with Gasteiger partial charge in [-0.3, -0.25) is 24.4 Å². The van der Waals surface area contributed by atoms with Crippen molar-refractivity contribution in [1.82, 2.24) is 44.4 Å². The van der Waals surface area contributed by atoms with E-state index in [4.69, 9.17) is 20.3 Å². The van der Waals surface area contributed by atoms with Gasteiger partial charge in [-0.2, -0.15) is 37.0 Å². The van der Waals surface area contributed by atoms with Crippen molar-refractivity contribution in [3.63, 3.8) is 0 Å². The van der Waals surface area contributed by atoms with Gasteiger partial charge in [-0.25, -0.2) is 0 Å². The minimum absolute atomic E-state index is 0. The molecule has 0 aliphatic carbocycles. The van der Waals surface area contributed by atoms with E-state index >= 15 is 0 Å². The molecule has 0 atom stereocenters. The first-order valence-corrected chi connectivity index (χ1v) is 46.0. The molecule has 7 aromatic heterocycles. The zero-order chi connectivity index (χ0) is 101. The number of aliphatic hydroxyl groups is 3. The average molecular weight is 3400 g/mol. The molecule has 0 spiro atoms. The number of aryl methyl sites for hydroxylation is 5. The molecule has 782 valence electrons. The third-order valence-electron chi connectivity index (χ3n) is 21.0. The van der Waals surface area contributed by atoms with E-state index in [1.165, 1.54) is 120 Å². The Bertz CT molecular complexity index is 7300. The summed E-state index contributed by atoms with van der Waals surface area (Å²) >= 11 is 0. The second kappa shape index (κ2) is 70.5. The number of aliphatic hydroxyl groups excluding tert-OH is 3. The van der Waals surface area contributed by atoms with Crippen LogP contribution in [0.2, 0.25) is 0 Å². The molecule has 16 nitrogen and oxygen atoms in total. The quantitative estimate of drug-likeness (QED) is 0.0475. The van der Waals surface area contributed by atoms with Gasteiger partial charge in [0.25, 0.3) is 0 Å². The molecule has 24 heteroatoms. The second-order valence-corrected chi connectivity index (χ2v) is 32.6. The molecular formula is C126H111Ir8N10O6-9. The van der Waals surface area contributed by atoms with Gasteiger partial charge in [0.1, 0.15) is 0 Å². The molecular weight excluding hydrogens is 3290 g/mol. The summed E-state index contributed by atoms with van der Waals surface area (Å²) in [6.45, 7) is 23.0. The number of para-hydroxylation sites is 5. The molecule has 8 heterocycles. The Morgan fingerprint density at radius 3 is 1.27 bits per heavy atom. The average Bonchev–Trinajstić information content (AvgIpc) is 1.02. The van der Waals surface area contributed by atoms with Crippen molar-refractivity contribution in [1.29, 1.82) is 0 Å². The predicted octanol–water partition coefficient (Wildman–Crippen LogP) is 29.5. The van der Waals surface area contributed by atoms with Crippen molar-refractivity contribution in [2.45, 2.75) is 83.1 Å². The summed E-state index contributed by atoms with van der Waals surface area (Å²) in [7, 11) is 2.00. The number of ketones is 3. The van der Waals surface area contributed by atoms with Crippen molar-refractivity contribution in [3.05, 3.63) is 519 Å². The van der Waals surface area contributed by atoms with Crippen LogP contribution in [0.1, 0.15) is 74.9 Å². The number of anilines is 1. The number of carbonyl (C=O) groups excluding carboxylic acids is 3. The van der Waals surface area contributed by atoms with Crippen LogP contribution in [-0.4, -0.2) is 84.1 Å². The Labute approximate surface area is 989 Å². The van der Waals surface area contributed by atoms with E-state index in [9.17, 15) is 14.4 Å². The number of benzene rings is 13. The molecule has 0 saturated carbocycles. The summed E-state index contributed by atoms with van der Waals surface area (Å²) in [6.07, 6.45) is 16.7. The zero-order valence-electron chi connectivity index (χ0n) is 84.5. The van der Waals surface area contributed by atoms with Gasteiger partial charge < -0.3 is 54.6 Å². The van der Waals surface area contributed by atoms with Crippen LogP contribution in [0.4, 0.5) is 5.69 Å². The maximum atomic E-state index is 10.0. The minimum Gasteiger partial charge on any atom is -0.512 e. The minimum atomic E-state index is -0.125. The molecule has 150 heavy (non-hydrogen) atoms. The Morgan fingerprint density at radius 1 is 0.327 bits per heavy atom. The van der Waals surface area contributed by atoms with E-state index in [0.29, 0.717) is 0 Å². The molecule has 0 bridgehead atoms. The van der Waals surface area contributed by atoms with Crippen LogP contribution in [0.5, 0.6) is 0 Å². The molecule has 0 unspecified atom stereocenters. The number of rotatable bonds is 11. The standard InChI is InChI=1S/C19H13N2.C17H10N.C15H10N.2C13H12N.2C12H10N.C10H10N2.3C5H8O2.8Ir/c1-3-9-15(10-4-1)19-20-17-13-7-8-14-18(17)21(19)16-11-5-2-6-12-16;1-2-7-14-12(6-1)13-8-3-4-9-15(13)17-16(14)10-5-11-18-17;1-2-6-12(7-3-1)15-11-10-13-8-4-5-9-14(13)16-15;1-10-8-11(2)13(14-9-10)12-6-4-3-5-7-12;1-10-8-9-14-13(11(10)2)12-6-4-3-5-7-12;1-10-6-5-9-13-12(10)11-7-3-2-4-8-11;1-10-7-8-13-12(9-10)11-5-3-2-4-6-11;1-11-7-8-12(9-11)10-5-3-2-4-6-10;3*1-4(6)3-5(2)7;;;;;;;;/h1-9,11-14H;1-8,10-11H;1-6,8-11H;2*3-6,8-9H,1-2H3;2-7,9H,1H3;2-5,7-9H,1H3;2-5,7-9H,1H3;3*3,6H,1-2H3;;;;;;;;/q7*-1;-2;;;;;;;;;;;. The largest absolute Gasteiger partial charge is 0.512 e. The smallest absolute Gasteiger partial charge is 0.155 e. The summed E-state index contributed by atoms with van der Waals surface area (Å²) in [4.78, 5) is 65.4. The maximum Gasteiger partial charge on any atom is 0.155 e. The fourth-order valence-electron chi connectivity index (χ4n) is 14.5. The first-order valence-electron chi connectivity index (χ1n) is 46.0. The molecule has 0 saturated heterocycles. The van der Waals surface area contributed by atoms with Crippen LogP contribution in [-0.2, 0) is 175 Å². The Kier molecular flexibility index (Phi) is 61.8. The van der Waals surface area contributed by atoms with Crippen molar-refractivity contribution in [3.8, 4) is 73.4 Å². The molecule has 20 aromatic rings. The number of hydrogen-bond donors (Lipinski definition) is 3. The van der Waals surface area contributed by atoms with Crippen molar-refractivity contribution in [2.24, 2.45) is 0 Å². The van der Waals surface area contributed by atoms with Gasteiger partial charge in [0.2, 0.25) is 0 Å². The van der Waals surface area contributed by atoms with Gasteiger partial charge in [0.05, 0.1) is 39.7 Å². The third-order valence-corrected chi connectivity index (χ3v) is 21.0. The summed E-state index contributed by atoms with van der Waals surface area (Å²) < 4.78 is 2.18. The van der Waals surface area contributed by atoms with Gasteiger partial charge >= 0.3 is 0 Å². The number of allylic oxidation sites excluding steroid dienone is 6. The number of hydrogen-bond acceptors (Lipinski definition) is 15. The van der Waals surface area contributed by atoms with Gasteiger partial charge in [0.15, 0.2) is 17.3 Å². The monoisotopic (exact) mass is 3400 g/mol. The van der Waals surface area contributed by atoms with Crippen LogP contribution in [0, 0.1) is 96.7 Å². The summed E-state index contributed by atoms with van der Waals surface area (Å²) in [5, 5.41) is 32.3. The number of fused-ring (bicyclic) bond motifs is 8. The molecule has 21 rings (SSSR count). The molecule has 0 fully saturated rings. The van der Waals surface area contributed by atoms with Crippen molar-refractivity contribution >= 4 is 77.4 Å². The Morgan fingerprint density at radius 2 is 0.767 bits per heavy atom. The molecule has 1 aliphatic rings. The maximum absolute atomic E-state index is 10.0. The summed E-state index contributed by atoms with van der Waals surface area (Å²) in [5.41, 5.74) is 24.9. The Balaban J connectivity index is 0.000000427. The molecule has 3 N–H and O–H groups in total. The molecule has 0 amide bonds. The van der Waals surface area contributed by atoms with Crippen LogP contribution in [0.3, 0.4) is 0 Å². The van der Waals surface area contributed by atoms with Crippen LogP contribution >= 0.6 is 0 Å². The zero-order valence-corrected chi connectivity index (χ0v) is 104. The number of aromatic nitrogens is 8. The van der Waals surface area contributed by atoms with E-state index in [0.717, 1.165) is 107 Å². The van der Waals surface area contributed by atoms with E-state index in [1.807, 2.05) is 334 Å². The second-order valence-electron chi connectivity index (χ2n) is 32.6. The topological polar surface area (TPSA) is 214 Å². The summed E-state index contributed by atoms with van der Waals surface area (Å²) in [6, 6.07) is 143. The SMILES string of the molecule is CC(=O)C=C(C)O.CC(=O)C=C(C)O.CC(=O)C=C(C)O.CN1C=CN(c2[c-]cccc2)[CH-]1.Cc1cccnc1-c1[c-]cccc1.Cc1ccnc(-c2[c-]cccc2)c1.Cc1ccnc(-c2[c-]cccc2)c1C.Cc1cnc(-c2[c-]cccc2)c(C)c1.[Ir].[Ir].[Ir].[Ir].[Ir].[Ir].[Ir].[Ir].[c-]1cccc2c1c1ncccc1c1ccccc21.[c-]1ccccc1-c1ccc2ccccc2n1.[c-]1ccccc1-c1nc2ccccc2n1-c1ccccc1. The van der Waals surface area contributed by atoms with Crippen LogP contribution in [0.15, 0.2) is 431 Å². The third kappa shape index (κ3) is 42.3. The van der Waals surface area contributed by atoms with Crippen LogP contribution < -0.4 is 4.90 Å². The first kappa shape index (κ1) is 132. The van der Waals surface area contributed by atoms with Crippen molar-refractivity contribution in [2.75, 3.05) is 11.9 Å². The van der Waals surface area contributed by atoms with Gasteiger partial charge in [-0.05, 0) is 213 Å². The number of nitrogens with zero attached hydrogens (tertiary/aromatic N) is 10.